The first-order chi connectivity index (χ1) is 15.2. The highest BCUT2D eigenvalue weighted by Crippen LogP contribution is 2.37. The lowest BCUT2D eigenvalue weighted by Gasteiger charge is -2.24. The molecule has 162 valence electrons. The number of benzene rings is 3. The molecule has 4 rings (SSSR count). The van der Waals surface area contributed by atoms with Gasteiger partial charge < -0.3 is 14.8 Å². The van der Waals surface area contributed by atoms with Crippen LogP contribution in [0.1, 0.15) is 30.9 Å². The van der Waals surface area contributed by atoms with Crippen molar-refractivity contribution in [3.05, 3.63) is 83.7 Å². The third-order valence-corrected chi connectivity index (χ3v) is 5.81. The van der Waals surface area contributed by atoms with Gasteiger partial charge in [-0.05, 0) is 60.7 Å². The molecule has 1 atom stereocenters. The molecule has 1 N–H and O–H groups in total. The monoisotopic (exact) mass is 419 g/mol. The molecule has 0 radical (unpaired) electrons. The first kappa shape index (κ1) is 21.4. The van der Waals surface area contributed by atoms with Gasteiger partial charge in [-0.25, -0.2) is 4.39 Å². The van der Waals surface area contributed by atoms with Crippen LogP contribution in [-0.2, 0) is 13.0 Å². The molecule has 1 aliphatic rings. The molecule has 1 heterocycles. The third kappa shape index (κ3) is 5.65. The average Bonchev–Trinajstić information content (AvgIpc) is 2.83. The lowest BCUT2D eigenvalue weighted by atomic mass is 9.99. The Morgan fingerprint density at radius 2 is 1.77 bits per heavy atom. The van der Waals surface area contributed by atoms with Crippen molar-refractivity contribution in [2.45, 2.75) is 32.8 Å². The first-order valence-corrected chi connectivity index (χ1v) is 11.2. The smallest absolute Gasteiger partial charge is 0.131 e. The van der Waals surface area contributed by atoms with Crippen molar-refractivity contribution < 1.29 is 13.9 Å². The second-order valence-corrected chi connectivity index (χ2v) is 8.11. The number of halogens is 1. The maximum atomic E-state index is 13.5. The van der Waals surface area contributed by atoms with Crippen LogP contribution in [0.3, 0.4) is 0 Å². The van der Waals surface area contributed by atoms with E-state index in [-0.39, 0.29) is 5.82 Å². The molecule has 3 aromatic carbocycles. The van der Waals surface area contributed by atoms with Crippen LogP contribution in [0.25, 0.3) is 11.1 Å². The summed E-state index contributed by atoms with van der Waals surface area (Å²) in [6.07, 6.45) is 3.24. The van der Waals surface area contributed by atoms with Crippen LogP contribution < -0.4 is 14.8 Å². The molecule has 31 heavy (non-hydrogen) atoms. The standard InChI is InChI=1S/C27H30FNO2/c1-2-22-15-25(23-10-12-24(28)13-11-23)27(31-18-20-7-4-3-5-8-20)16-26(22)30-19-21-9-6-14-29-17-21/h3-5,7-8,10-13,15-16,21,29H,2,6,9,14,17-19H2,1H3. The van der Waals surface area contributed by atoms with E-state index < -0.39 is 0 Å². The van der Waals surface area contributed by atoms with Crippen LogP contribution >= 0.6 is 0 Å². The van der Waals surface area contributed by atoms with E-state index in [1.54, 1.807) is 12.1 Å². The van der Waals surface area contributed by atoms with E-state index in [1.165, 1.54) is 25.0 Å². The van der Waals surface area contributed by atoms with Gasteiger partial charge >= 0.3 is 0 Å². The molecule has 0 aromatic heterocycles. The number of hydrogen-bond acceptors (Lipinski definition) is 3. The van der Waals surface area contributed by atoms with Gasteiger partial charge in [0.15, 0.2) is 0 Å². The van der Waals surface area contributed by atoms with Gasteiger partial charge in [-0.1, -0.05) is 49.4 Å². The molecule has 1 unspecified atom stereocenters. The Morgan fingerprint density at radius 1 is 0.968 bits per heavy atom. The zero-order chi connectivity index (χ0) is 21.5. The molecule has 1 aliphatic heterocycles. The minimum Gasteiger partial charge on any atom is -0.493 e. The van der Waals surface area contributed by atoms with Crippen LogP contribution in [0, 0.1) is 11.7 Å². The normalized spacial score (nSPS) is 16.1. The van der Waals surface area contributed by atoms with Gasteiger partial charge in [-0.3, -0.25) is 0 Å². The number of nitrogens with one attached hydrogen (secondary N) is 1. The lowest BCUT2D eigenvalue weighted by Crippen LogP contribution is -2.33. The lowest BCUT2D eigenvalue weighted by molar-refractivity contribution is 0.215. The summed E-state index contributed by atoms with van der Waals surface area (Å²) in [5.41, 5.74) is 4.12. The summed E-state index contributed by atoms with van der Waals surface area (Å²) in [6, 6.07) is 20.8. The van der Waals surface area contributed by atoms with Crippen molar-refractivity contribution in [2.24, 2.45) is 5.92 Å². The number of rotatable bonds is 8. The van der Waals surface area contributed by atoms with E-state index in [9.17, 15) is 4.39 Å². The summed E-state index contributed by atoms with van der Waals surface area (Å²) in [4.78, 5) is 0. The van der Waals surface area contributed by atoms with Gasteiger partial charge in [0.2, 0.25) is 0 Å². The molecule has 0 bridgehead atoms. The van der Waals surface area contributed by atoms with Gasteiger partial charge in [-0.15, -0.1) is 0 Å². The van der Waals surface area contributed by atoms with Crippen molar-refractivity contribution in [3.8, 4) is 22.6 Å². The van der Waals surface area contributed by atoms with Crippen LogP contribution in [0.2, 0.25) is 0 Å². The fraction of sp³-hybridized carbons (Fsp3) is 0.333. The van der Waals surface area contributed by atoms with Crippen molar-refractivity contribution in [3.63, 3.8) is 0 Å². The topological polar surface area (TPSA) is 30.5 Å². The van der Waals surface area contributed by atoms with Crippen molar-refractivity contribution in [1.29, 1.82) is 0 Å². The van der Waals surface area contributed by atoms with E-state index in [4.69, 9.17) is 9.47 Å². The molecule has 1 saturated heterocycles. The Kier molecular flexibility index (Phi) is 7.21. The number of hydrogen-bond donors (Lipinski definition) is 1. The summed E-state index contributed by atoms with van der Waals surface area (Å²) in [5.74, 6) is 1.92. The Labute approximate surface area is 184 Å². The fourth-order valence-corrected chi connectivity index (χ4v) is 4.00. The van der Waals surface area contributed by atoms with E-state index in [0.717, 1.165) is 53.3 Å². The molecular weight excluding hydrogens is 389 g/mol. The second-order valence-electron chi connectivity index (χ2n) is 8.11. The molecular formula is C27H30FNO2. The molecule has 1 fully saturated rings. The first-order valence-electron chi connectivity index (χ1n) is 11.2. The van der Waals surface area contributed by atoms with Crippen molar-refractivity contribution >= 4 is 0 Å². The van der Waals surface area contributed by atoms with Gasteiger partial charge in [0.1, 0.15) is 23.9 Å². The van der Waals surface area contributed by atoms with Gasteiger partial charge in [0.05, 0.1) is 6.61 Å². The van der Waals surface area contributed by atoms with E-state index >= 15 is 0 Å². The minimum atomic E-state index is -0.243. The Balaban J connectivity index is 1.62. The molecule has 0 amide bonds. The fourth-order valence-electron chi connectivity index (χ4n) is 4.00. The summed E-state index contributed by atoms with van der Waals surface area (Å²) in [6.45, 7) is 5.40. The predicted molar refractivity (Wildman–Crippen MR) is 123 cm³/mol. The Hall–Kier alpha value is -2.85. The van der Waals surface area contributed by atoms with Crippen LogP contribution in [0.15, 0.2) is 66.7 Å². The molecule has 3 aromatic rings. The zero-order valence-electron chi connectivity index (χ0n) is 18.1. The van der Waals surface area contributed by atoms with Gasteiger partial charge in [0, 0.05) is 24.1 Å². The number of aryl methyl sites for hydroxylation is 1. The number of ether oxygens (including phenoxy) is 2. The zero-order valence-corrected chi connectivity index (χ0v) is 18.1. The van der Waals surface area contributed by atoms with E-state index in [2.05, 4.69) is 18.3 Å². The van der Waals surface area contributed by atoms with Crippen molar-refractivity contribution in [2.75, 3.05) is 19.7 Å². The SMILES string of the molecule is CCc1cc(-c2ccc(F)cc2)c(OCc2ccccc2)cc1OCC1CCCNC1. The summed E-state index contributed by atoms with van der Waals surface area (Å²) < 4.78 is 26.0. The summed E-state index contributed by atoms with van der Waals surface area (Å²) >= 11 is 0. The van der Waals surface area contributed by atoms with Gasteiger partial charge in [-0.2, -0.15) is 0 Å². The largest absolute Gasteiger partial charge is 0.493 e. The Bertz CT molecular complexity index is 967. The molecule has 0 aliphatic carbocycles. The highest BCUT2D eigenvalue weighted by Gasteiger charge is 2.17. The van der Waals surface area contributed by atoms with Gasteiger partial charge in [0.25, 0.3) is 0 Å². The quantitative estimate of drug-likeness (QED) is 0.485. The highest BCUT2D eigenvalue weighted by atomic mass is 19.1. The number of piperidine rings is 1. The maximum absolute atomic E-state index is 13.5. The molecule has 0 saturated carbocycles. The molecule has 4 heteroatoms. The van der Waals surface area contributed by atoms with E-state index in [1.807, 2.05) is 36.4 Å². The average molecular weight is 420 g/mol. The van der Waals surface area contributed by atoms with Crippen molar-refractivity contribution in [1.82, 2.24) is 5.32 Å². The van der Waals surface area contributed by atoms with Crippen LogP contribution in [0.5, 0.6) is 11.5 Å². The third-order valence-electron chi connectivity index (χ3n) is 5.81. The van der Waals surface area contributed by atoms with Crippen LogP contribution in [-0.4, -0.2) is 19.7 Å². The maximum Gasteiger partial charge on any atom is 0.131 e. The molecule has 3 nitrogen and oxygen atoms in total. The predicted octanol–water partition coefficient (Wildman–Crippen LogP) is 6.01. The van der Waals surface area contributed by atoms with E-state index in [0.29, 0.717) is 19.1 Å². The summed E-state index contributed by atoms with van der Waals surface area (Å²) in [5, 5.41) is 3.45. The second kappa shape index (κ2) is 10.5. The minimum absolute atomic E-state index is 0.243. The van der Waals surface area contributed by atoms with Crippen LogP contribution in [0.4, 0.5) is 4.39 Å². The molecule has 0 spiro atoms. The summed E-state index contributed by atoms with van der Waals surface area (Å²) in [7, 11) is 0. The Morgan fingerprint density at radius 3 is 2.48 bits per heavy atom. The highest BCUT2D eigenvalue weighted by molar-refractivity contribution is 5.73.